The molecule has 0 bridgehead atoms. The van der Waals surface area contributed by atoms with Crippen molar-refractivity contribution in [3.05, 3.63) is 83.4 Å². The van der Waals surface area contributed by atoms with E-state index >= 15 is 0 Å². The summed E-state index contributed by atoms with van der Waals surface area (Å²) in [5, 5.41) is 11.0. The van der Waals surface area contributed by atoms with Crippen molar-refractivity contribution in [3.63, 3.8) is 0 Å². The number of aliphatic hydroxyl groups excluding tert-OH is 1. The number of aliphatic hydroxyl groups is 1. The number of ether oxygens (including phenoxy) is 5. The zero-order valence-electron chi connectivity index (χ0n) is 26.4. The molecule has 8 nitrogen and oxygen atoms in total. The second kappa shape index (κ2) is 17.3. The maximum Gasteiger partial charge on any atom is 0.165 e. The molecule has 0 spiro atoms. The molecule has 4 atom stereocenters. The van der Waals surface area contributed by atoms with Crippen LogP contribution in [-0.4, -0.2) is 70.0 Å². The van der Waals surface area contributed by atoms with E-state index in [1.807, 2.05) is 43.3 Å². The van der Waals surface area contributed by atoms with Crippen LogP contribution in [0.5, 0.6) is 17.2 Å². The molecule has 0 amide bonds. The molecule has 1 heterocycles. The fourth-order valence-corrected chi connectivity index (χ4v) is 5.47. The van der Waals surface area contributed by atoms with Crippen molar-refractivity contribution in [2.24, 2.45) is 5.73 Å². The van der Waals surface area contributed by atoms with E-state index in [1.165, 1.54) is 0 Å². The third-order valence-electron chi connectivity index (χ3n) is 7.97. The van der Waals surface area contributed by atoms with Crippen molar-refractivity contribution < 1.29 is 37.6 Å². The molecule has 0 fully saturated rings. The smallest absolute Gasteiger partial charge is 0.165 e. The SMILES string of the molecule is CC[C@@H](O)C(c1ccc(OCCC(C)Oc2cc(F)ccc2F)cc1)[C@H](CN)OCc1ccc2c(c1)N(CCCOC)CCO2. The van der Waals surface area contributed by atoms with Crippen molar-refractivity contribution in [1.29, 1.82) is 0 Å². The quantitative estimate of drug-likeness (QED) is 0.170. The first-order valence-corrected chi connectivity index (χ1v) is 15.7. The van der Waals surface area contributed by atoms with Crippen molar-refractivity contribution in [1.82, 2.24) is 0 Å². The molecule has 3 aromatic carbocycles. The van der Waals surface area contributed by atoms with Gasteiger partial charge in [-0.3, -0.25) is 0 Å². The first-order valence-electron chi connectivity index (χ1n) is 15.7. The molecule has 3 N–H and O–H groups in total. The van der Waals surface area contributed by atoms with Gasteiger partial charge in [0, 0.05) is 45.2 Å². The number of rotatable bonds is 18. The molecule has 0 aromatic heterocycles. The first kappa shape index (κ1) is 34.4. The summed E-state index contributed by atoms with van der Waals surface area (Å²) in [4.78, 5) is 2.31. The number of methoxy groups -OCH3 is 1. The molecule has 0 saturated heterocycles. The monoisotopic (exact) mass is 628 g/mol. The van der Waals surface area contributed by atoms with E-state index in [9.17, 15) is 13.9 Å². The fraction of sp³-hybridized carbons (Fsp3) is 0.486. The average Bonchev–Trinajstić information content (AvgIpc) is 3.05. The van der Waals surface area contributed by atoms with Gasteiger partial charge in [-0.2, -0.15) is 0 Å². The van der Waals surface area contributed by atoms with Crippen LogP contribution in [0.25, 0.3) is 0 Å². The van der Waals surface area contributed by atoms with Crippen LogP contribution < -0.4 is 24.8 Å². The van der Waals surface area contributed by atoms with Gasteiger partial charge in [0.05, 0.1) is 43.8 Å². The van der Waals surface area contributed by atoms with E-state index < -0.39 is 23.8 Å². The third-order valence-corrected chi connectivity index (χ3v) is 7.97. The Hall–Kier alpha value is -3.44. The van der Waals surface area contributed by atoms with E-state index in [0.29, 0.717) is 45.0 Å². The number of hydrogen-bond acceptors (Lipinski definition) is 8. The minimum atomic E-state index is -0.653. The summed E-state index contributed by atoms with van der Waals surface area (Å²) in [6.07, 6.45) is 0.487. The number of hydrogen-bond donors (Lipinski definition) is 2. The highest BCUT2D eigenvalue weighted by atomic mass is 19.1. The molecular weight excluding hydrogens is 582 g/mol. The van der Waals surface area contributed by atoms with Crippen LogP contribution >= 0.6 is 0 Å². The number of benzene rings is 3. The molecule has 2 unspecified atom stereocenters. The van der Waals surface area contributed by atoms with Gasteiger partial charge in [0.2, 0.25) is 0 Å². The minimum Gasteiger partial charge on any atom is -0.493 e. The maximum absolute atomic E-state index is 13.9. The molecule has 246 valence electrons. The summed E-state index contributed by atoms with van der Waals surface area (Å²) in [7, 11) is 1.71. The lowest BCUT2D eigenvalue weighted by atomic mass is 9.86. The topological polar surface area (TPSA) is 95.6 Å². The van der Waals surface area contributed by atoms with Crippen molar-refractivity contribution >= 4 is 5.69 Å². The largest absolute Gasteiger partial charge is 0.493 e. The highest BCUT2D eigenvalue weighted by Crippen LogP contribution is 2.34. The molecular formula is C35H46F2N2O6. The second-order valence-corrected chi connectivity index (χ2v) is 11.3. The van der Waals surface area contributed by atoms with Gasteiger partial charge in [-0.25, -0.2) is 8.78 Å². The summed E-state index contributed by atoms with van der Waals surface area (Å²) in [5.74, 6) is -0.120. The van der Waals surface area contributed by atoms with Crippen LogP contribution in [0, 0.1) is 11.6 Å². The van der Waals surface area contributed by atoms with Crippen LogP contribution in [0.4, 0.5) is 14.5 Å². The lowest BCUT2D eigenvalue weighted by Gasteiger charge is -2.32. The minimum absolute atomic E-state index is 0.121. The van der Waals surface area contributed by atoms with Crippen LogP contribution in [0.3, 0.4) is 0 Å². The Bertz CT molecular complexity index is 1330. The van der Waals surface area contributed by atoms with Crippen LogP contribution in [0.2, 0.25) is 0 Å². The zero-order valence-corrected chi connectivity index (χ0v) is 26.4. The van der Waals surface area contributed by atoms with Crippen LogP contribution in [-0.2, 0) is 16.1 Å². The predicted molar refractivity (Wildman–Crippen MR) is 170 cm³/mol. The van der Waals surface area contributed by atoms with Crippen LogP contribution in [0.1, 0.15) is 50.2 Å². The van der Waals surface area contributed by atoms with E-state index in [-0.39, 0.29) is 24.3 Å². The lowest BCUT2D eigenvalue weighted by Crippen LogP contribution is -2.37. The summed E-state index contributed by atoms with van der Waals surface area (Å²) in [6, 6.07) is 16.7. The molecule has 3 aromatic rings. The molecule has 1 aliphatic heterocycles. The summed E-state index contributed by atoms with van der Waals surface area (Å²) >= 11 is 0. The van der Waals surface area contributed by atoms with Gasteiger partial charge >= 0.3 is 0 Å². The van der Waals surface area contributed by atoms with Crippen molar-refractivity contribution in [3.8, 4) is 17.2 Å². The Morgan fingerprint density at radius 3 is 2.58 bits per heavy atom. The van der Waals surface area contributed by atoms with Crippen LogP contribution in [0.15, 0.2) is 60.7 Å². The fourth-order valence-electron chi connectivity index (χ4n) is 5.47. The highest BCUT2D eigenvalue weighted by molar-refractivity contribution is 5.61. The van der Waals surface area contributed by atoms with Crippen molar-refractivity contribution in [2.45, 2.75) is 63.9 Å². The van der Waals surface area contributed by atoms with Gasteiger partial charge in [-0.05, 0) is 67.3 Å². The van der Waals surface area contributed by atoms with Gasteiger partial charge in [0.1, 0.15) is 23.9 Å². The van der Waals surface area contributed by atoms with Crippen molar-refractivity contribution in [2.75, 3.05) is 51.5 Å². The van der Waals surface area contributed by atoms with E-state index in [2.05, 4.69) is 11.0 Å². The summed E-state index contributed by atoms with van der Waals surface area (Å²) < 4.78 is 56.2. The Labute approximate surface area is 265 Å². The van der Waals surface area contributed by atoms with Gasteiger partial charge in [0.25, 0.3) is 0 Å². The highest BCUT2D eigenvalue weighted by Gasteiger charge is 2.29. The molecule has 0 saturated carbocycles. The number of nitrogens with zero attached hydrogens (tertiary/aromatic N) is 1. The number of nitrogens with two attached hydrogens (primary N) is 1. The van der Waals surface area contributed by atoms with E-state index in [4.69, 9.17) is 29.4 Å². The first-order chi connectivity index (χ1) is 21.8. The normalized spacial score (nSPS) is 15.5. The Kier molecular flexibility index (Phi) is 13.2. The lowest BCUT2D eigenvalue weighted by molar-refractivity contribution is -0.0112. The van der Waals surface area contributed by atoms with Gasteiger partial charge in [-0.1, -0.05) is 25.1 Å². The zero-order chi connectivity index (χ0) is 32.2. The Balaban J connectivity index is 1.35. The molecule has 45 heavy (non-hydrogen) atoms. The third kappa shape index (κ3) is 9.77. The number of anilines is 1. The van der Waals surface area contributed by atoms with Gasteiger partial charge < -0.3 is 39.4 Å². The molecule has 10 heteroatoms. The standard InChI is InChI=1S/C35H46F2N2O6/c1-4-31(40)35(26-7-10-28(11-8-26)42-18-14-24(2)45-33-21-27(36)9-12-29(33)37)34(22-38)44-23-25-6-13-32-30(20-25)39(16-19-43-32)15-5-17-41-3/h6-13,20-21,24,31,34-35,40H,4-5,14-19,22-23,38H2,1-3H3/t24?,31-,34+,35?/m1/s1. The van der Waals surface area contributed by atoms with Gasteiger partial charge in [-0.15, -0.1) is 0 Å². The summed E-state index contributed by atoms with van der Waals surface area (Å²) in [5.41, 5.74) is 9.15. The van der Waals surface area contributed by atoms with E-state index in [1.54, 1.807) is 14.0 Å². The Morgan fingerprint density at radius 1 is 1.04 bits per heavy atom. The van der Waals surface area contributed by atoms with E-state index in [0.717, 1.165) is 60.3 Å². The maximum atomic E-state index is 13.9. The number of halogens is 2. The average molecular weight is 629 g/mol. The second-order valence-electron chi connectivity index (χ2n) is 11.3. The predicted octanol–water partition coefficient (Wildman–Crippen LogP) is 5.84. The summed E-state index contributed by atoms with van der Waals surface area (Å²) in [6.45, 7) is 7.66. The molecule has 0 radical (unpaired) electrons. The van der Waals surface area contributed by atoms with Gasteiger partial charge in [0.15, 0.2) is 11.6 Å². The molecule has 0 aliphatic carbocycles. The number of fused-ring (bicyclic) bond motifs is 1. The molecule has 4 rings (SSSR count). The molecule has 1 aliphatic rings. The Morgan fingerprint density at radius 2 is 1.84 bits per heavy atom.